The lowest BCUT2D eigenvalue weighted by molar-refractivity contribution is -0.121. The first kappa shape index (κ1) is 16.2. The summed E-state index contributed by atoms with van der Waals surface area (Å²) in [6, 6.07) is 0.158. The quantitative estimate of drug-likeness (QED) is 0.419. The molecule has 0 saturated carbocycles. The maximum absolute atomic E-state index is 11.6. The molecule has 0 unspecified atom stereocenters. The van der Waals surface area contributed by atoms with Gasteiger partial charge in [-0.15, -0.1) is 0 Å². The lowest BCUT2D eigenvalue weighted by atomic mass is 10.1. The molecule has 0 aliphatic heterocycles. The summed E-state index contributed by atoms with van der Waals surface area (Å²) in [6.45, 7) is 6.48. The second-order valence-corrected chi connectivity index (χ2v) is 4.84. The highest BCUT2D eigenvalue weighted by atomic mass is 16.1. The Labute approximate surface area is 119 Å². The van der Waals surface area contributed by atoms with Gasteiger partial charge in [0.15, 0.2) is 0 Å². The summed E-state index contributed by atoms with van der Waals surface area (Å²) in [5.74, 6) is 6.82. The van der Waals surface area contributed by atoms with Crippen molar-refractivity contribution in [2.75, 3.05) is 17.3 Å². The van der Waals surface area contributed by atoms with Crippen molar-refractivity contribution in [3.05, 3.63) is 11.9 Å². The number of carbonyl (C=O) groups excluding carboxylic acids is 1. The summed E-state index contributed by atoms with van der Waals surface area (Å²) in [7, 11) is 0. The fourth-order valence-electron chi connectivity index (χ4n) is 1.86. The van der Waals surface area contributed by atoms with E-state index in [0.29, 0.717) is 18.8 Å². The normalized spacial score (nSPS) is 10.4. The Morgan fingerprint density at radius 2 is 2.05 bits per heavy atom. The van der Waals surface area contributed by atoms with Crippen LogP contribution in [0.5, 0.6) is 0 Å². The van der Waals surface area contributed by atoms with Crippen molar-refractivity contribution < 1.29 is 4.79 Å². The van der Waals surface area contributed by atoms with Gasteiger partial charge in [0.2, 0.25) is 5.91 Å². The van der Waals surface area contributed by atoms with Crippen LogP contribution in [0.1, 0.15) is 39.2 Å². The zero-order valence-electron chi connectivity index (χ0n) is 12.4. The minimum atomic E-state index is 0.0239. The Hall–Kier alpha value is -1.89. The molecule has 1 aromatic heterocycles. The number of nitrogens with two attached hydrogens (primary N) is 1. The number of nitrogens with zero attached hydrogens (tertiary/aromatic N) is 2. The second kappa shape index (κ2) is 8.31. The van der Waals surface area contributed by atoms with Gasteiger partial charge >= 0.3 is 0 Å². The van der Waals surface area contributed by atoms with Gasteiger partial charge < -0.3 is 16.1 Å². The SMILES string of the molecule is CCCc1c(NN)ncnc1NCCC(=O)NC(C)C. The first-order valence-corrected chi connectivity index (χ1v) is 6.92. The standard InChI is InChI=1S/C13H24N6O/c1-4-5-10-12(16-8-17-13(10)19-14)15-7-6-11(20)18-9(2)3/h8-9H,4-7,14H2,1-3H3,(H,18,20)(H2,15,16,17,19). The first-order chi connectivity index (χ1) is 9.58. The maximum atomic E-state index is 11.6. The molecular formula is C13H24N6O. The van der Waals surface area contributed by atoms with Crippen LogP contribution in [0, 0.1) is 0 Å². The number of hydrazine groups is 1. The summed E-state index contributed by atoms with van der Waals surface area (Å²) < 4.78 is 0. The van der Waals surface area contributed by atoms with Crippen LogP contribution >= 0.6 is 0 Å². The number of rotatable bonds is 8. The van der Waals surface area contributed by atoms with Gasteiger partial charge in [-0.25, -0.2) is 15.8 Å². The van der Waals surface area contributed by atoms with E-state index in [1.165, 1.54) is 6.33 Å². The summed E-state index contributed by atoms with van der Waals surface area (Å²) in [6.07, 6.45) is 3.63. The van der Waals surface area contributed by atoms with E-state index < -0.39 is 0 Å². The lowest BCUT2D eigenvalue weighted by Crippen LogP contribution is -2.31. The Morgan fingerprint density at radius 3 is 2.65 bits per heavy atom. The lowest BCUT2D eigenvalue weighted by Gasteiger charge is -2.13. The van der Waals surface area contributed by atoms with E-state index in [1.807, 2.05) is 13.8 Å². The van der Waals surface area contributed by atoms with Crippen molar-refractivity contribution in [1.29, 1.82) is 0 Å². The molecule has 0 spiro atoms. The van der Waals surface area contributed by atoms with Crippen LogP contribution < -0.4 is 21.9 Å². The zero-order chi connectivity index (χ0) is 15.0. The zero-order valence-corrected chi connectivity index (χ0v) is 12.4. The third-order valence-corrected chi connectivity index (χ3v) is 2.68. The third-order valence-electron chi connectivity index (χ3n) is 2.68. The van der Waals surface area contributed by atoms with Crippen molar-refractivity contribution in [1.82, 2.24) is 15.3 Å². The van der Waals surface area contributed by atoms with Crippen molar-refractivity contribution in [3.63, 3.8) is 0 Å². The second-order valence-electron chi connectivity index (χ2n) is 4.84. The summed E-state index contributed by atoms with van der Waals surface area (Å²) in [4.78, 5) is 19.9. The highest BCUT2D eigenvalue weighted by molar-refractivity contribution is 5.76. The van der Waals surface area contributed by atoms with Gasteiger partial charge in [-0.2, -0.15) is 0 Å². The molecule has 1 rings (SSSR count). The van der Waals surface area contributed by atoms with E-state index in [2.05, 4.69) is 33.0 Å². The van der Waals surface area contributed by atoms with Crippen molar-refractivity contribution in [2.24, 2.45) is 5.84 Å². The van der Waals surface area contributed by atoms with Gasteiger partial charge in [0, 0.05) is 24.6 Å². The smallest absolute Gasteiger partial charge is 0.221 e. The fourth-order valence-corrected chi connectivity index (χ4v) is 1.86. The molecule has 1 amide bonds. The fraction of sp³-hybridized carbons (Fsp3) is 0.615. The van der Waals surface area contributed by atoms with Crippen LogP contribution in [0.2, 0.25) is 0 Å². The molecular weight excluding hydrogens is 256 g/mol. The number of hydrogen-bond donors (Lipinski definition) is 4. The number of carbonyl (C=O) groups is 1. The van der Waals surface area contributed by atoms with E-state index >= 15 is 0 Å². The molecule has 0 saturated heterocycles. The number of aromatic nitrogens is 2. The Morgan fingerprint density at radius 1 is 1.35 bits per heavy atom. The van der Waals surface area contributed by atoms with Gasteiger partial charge in [-0.1, -0.05) is 13.3 Å². The topological polar surface area (TPSA) is 105 Å². The van der Waals surface area contributed by atoms with Crippen molar-refractivity contribution in [3.8, 4) is 0 Å². The largest absolute Gasteiger partial charge is 0.369 e. The van der Waals surface area contributed by atoms with E-state index in [1.54, 1.807) is 0 Å². The average Bonchev–Trinajstić information content (AvgIpc) is 2.39. The number of anilines is 2. The molecule has 1 heterocycles. The summed E-state index contributed by atoms with van der Waals surface area (Å²) >= 11 is 0. The van der Waals surface area contributed by atoms with Gasteiger partial charge in [0.05, 0.1) is 0 Å². The maximum Gasteiger partial charge on any atom is 0.221 e. The minimum Gasteiger partial charge on any atom is -0.369 e. The van der Waals surface area contributed by atoms with Crippen LogP contribution in [0.15, 0.2) is 6.33 Å². The number of nitrogen functional groups attached to an aromatic ring is 1. The van der Waals surface area contributed by atoms with Gasteiger partial charge in [0.25, 0.3) is 0 Å². The molecule has 7 heteroatoms. The van der Waals surface area contributed by atoms with Gasteiger partial charge in [-0.05, 0) is 20.3 Å². The van der Waals surface area contributed by atoms with E-state index in [9.17, 15) is 4.79 Å². The predicted molar refractivity (Wildman–Crippen MR) is 80.2 cm³/mol. The van der Waals surface area contributed by atoms with E-state index in [-0.39, 0.29) is 11.9 Å². The molecule has 5 N–H and O–H groups in total. The van der Waals surface area contributed by atoms with E-state index in [0.717, 1.165) is 24.2 Å². The molecule has 0 bridgehead atoms. The minimum absolute atomic E-state index is 0.0239. The summed E-state index contributed by atoms with van der Waals surface area (Å²) in [5, 5.41) is 6.02. The average molecular weight is 280 g/mol. The molecule has 20 heavy (non-hydrogen) atoms. The van der Waals surface area contributed by atoms with Crippen LogP contribution in [0.25, 0.3) is 0 Å². The van der Waals surface area contributed by atoms with Crippen LogP contribution in [-0.2, 0) is 11.2 Å². The Bertz CT molecular complexity index is 435. The molecule has 0 aromatic carbocycles. The van der Waals surface area contributed by atoms with Gasteiger partial charge in [-0.3, -0.25) is 4.79 Å². The number of hydrogen-bond acceptors (Lipinski definition) is 6. The van der Waals surface area contributed by atoms with Crippen LogP contribution in [-0.4, -0.2) is 28.5 Å². The molecule has 0 fully saturated rings. The summed E-state index contributed by atoms with van der Waals surface area (Å²) in [5.41, 5.74) is 3.52. The van der Waals surface area contributed by atoms with Crippen LogP contribution in [0.3, 0.4) is 0 Å². The molecule has 0 aliphatic rings. The number of nitrogens with one attached hydrogen (secondary N) is 3. The molecule has 0 aliphatic carbocycles. The monoisotopic (exact) mass is 280 g/mol. The van der Waals surface area contributed by atoms with Gasteiger partial charge in [0.1, 0.15) is 18.0 Å². The van der Waals surface area contributed by atoms with Crippen molar-refractivity contribution >= 4 is 17.5 Å². The molecule has 0 atom stereocenters. The Balaban J connectivity index is 2.61. The molecule has 112 valence electrons. The van der Waals surface area contributed by atoms with Crippen LogP contribution in [0.4, 0.5) is 11.6 Å². The first-order valence-electron chi connectivity index (χ1n) is 6.92. The van der Waals surface area contributed by atoms with Crippen molar-refractivity contribution in [2.45, 2.75) is 46.1 Å². The highest BCUT2D eigenvalue weighted by Gasteiger charge is 2.10. The van der Waals surface area contributed by atoms with E-state index in [4.69, 9.17) is 5.84 Å². The molecule has 1 aromatic rings. The molecule has 0 radical (unpaired) electrons. The predicted octanol–water partition coefficient (Wildman–Crippen LogP) is 1.04. The highest BCUT2D eigenvalue weighted by Crippen LogP contribution is 2.20. The Kier molecular flexibility index (Phi) is 6.72. The molecule has 7 nitrogen and oxygen atoms in total. The number of amides is 1. The third kappa shape index (κ3) is 5.00.